The first-order valence-electron chi connectivity index (χ1n) is 7.03. The van der Waals surface area contributed by atoms with Gasteiger partial charge in [-0.1, -0.05) is 36.2 Å². The van der Waals surface area contributed by atoms with Gasteiger partial charge in [-0.15, -0.1) is 0 Å². The Labute approximate surface area is 110 Å². The minimum absolute atomic E-state index is 0.360. The molecule has 1 aliphatic heterocycles. The van der Waals surface area contributed by atoms with Crippen molar-refractivity contribution in [1.29, 1.82) is 0 Å². The van der Waals surface area contributed by atoms with Gasteiger partial charge in [0.05, 0.1) is 0 Å². The third-order valence-electron chi connectivity index (χ3n) is 3.74. The van der Waals surface area contributed by atoms with E-state index in [0.29, 0.717) is 18.9 Å². The predicted octanol–water partition coefficient (Wildman–Crippen LogP) is 3.80. The van der Waals surface area contributed by atoms with Crippen molar-refractivity contribution in [3.8, 4) is 0 Å². The van der Waals surface area contributed by atoms with Crippen LogP contribution >= 0.6 is 0 Å². The maximum Gasteiger partial charge on any atom is 0.113 e. The predicted molar refractivity (Wildman–Crippen MR) is 74.7 cm³/mol. The van der Waals surface area contributed by atoms with E-state index in [9.17, 15) is 4.39 Å². The summed E-state index contributed by atoms with van der Waals surface area (Å²) in [6.07, 6.45) is 4.73. The van der Waals surface area contributed by atoms with Gasteiger partial charge in [0, 0.05) is 12.5 Å². The molecule has 18 heavy (non-hydrogen) atoms. The van der Waals surface area contributed by atoms with Gasteiger partial charge in [-0.25, -0.2) is 4.39 Å². The average molecular weight is 249 g/mol. The summed E-state index contributed by atoms with van der Waals surface area (Å²) in [6, 6.07) is 8.55. The van der Waals surface area contributed by atoms with Crippen LogP contribution in [0.5, 0.6) is 0 Å². The fourth-order valence-corrected chi connectivity index (χ4v) is 2.93. The normalized spacial score (nSPS) is 23.6. The monoisotopic (exact) mass is 249 g/mol. The number of nitrogens with one attached hydrogen (secondary N) is 1. The highest BCUT2D eigenvalue weighted by molar-refractivity contribution is 5.23. The number of benzene rings is 1. The number of hydrogen-bond acceptors (Lipinski definition) is 1. The Morgan fingerprint density at radius 1 is 1.39 bits per heavy atom. The second-order valence-electron chi connectivity index (χ2n) is 5.93. The molecule has 1 saturated heterocycles. The van der Waals surface area contributed by atoms with Crippen molar-refractivity contribution in [3.63, 3.8) is 0 Å². The average Bonchev–Trinajstić information content (AvgIpc) is 2.28. The maximum absolute atomic E-state index is 14.7. The summed E-state index contributed by atoms with van der Waals surface area (Å²) < 4.78 is 14.7. The summed E-state index contributed by atoms with van der Waals surface area (Å²) in [4.78, 5) is 0. The summed E-state index contributed by atoms with van der Waals surface area (Å²) in [7, 11) is 0. The molecule has 0 saturated carbocycles. The van der Waals surface area contributed by atoms with E-state index in [1.807, 2.05) is 12.1 Å². The third-order valence-corrected chi connectivity index (χ3v) is 3.74. The highest BCUT2D eigenvalue weighted by atomic mass is 19.1. The quantitative estimate of drug-likeness (QED) is 0.856. The topological polar surface area (TPSA) is 12.0 Å². The highest BCUT2D eigenvalue weighted by Crippen LogP contribution is 2.26. The van der Waals surface area contributed by atoms with Crippen LogP contribution in [-0.4, -0.2) is 18.3 Å². The number of rotatable bonds is 4. The van der Waals surface area contributed by atoms with E-state index in [1.54, 1.807) is 6.92 Å². The van der Waals surface area contributed by atoms with E-state index < -0.39 is 5.67 Å². The molecule has 1 N–H and O–H groups in total. The molecule has 1 aromatic rings. The fourth-order valence-electron chi connectivity index (χ4n) is 2.93. The lowest BCUT2D eigenvalue weighted by molar-refractivity contribution is 0.146. The van der Waals surface area contributed by atoms with Crippen LogP contribution in [0.4, 0.5) is 4.39 Å². The summed E-state index contributed by atoms with van der Waals surface area (Å²) in [5, 5.41) is 3.43. The standard InChI is InChI=1S/C16H24FN/c1-13-6-5-7-14(10-13)11-16(2,17)12-15-8-3-4-9-18-15/h5-7,10,15,18H,3-4,8-9,11-12H2,1-2H3. The van der Waals surface area contributed by atoms with Gasteiger partial charge in [0.2, 0.25) is 0 Å². The Hall–Kier alpha value is -0.890. The van der Waals surface area contributed by atoms with Crippen LogP contribution < -0.4 is 5.32 Å². The van der Waals surface area contributed by atoms with Gasteiger partial charge in [0.15, 0.2) is 0 Å². The molecule has 0 spiro atoms. The number of piperidine rings is 1. The first-order chi connectivity index (χ1) is 8.55. The van der Waals surface area contributed by atoms with Crippen LogP contribution in [-0.2, 0) is 6.42 Å². The van der Waals surface area contributed by atoms with E-state index in [1.165, 1.54) is 18.4 Å². The minimum atomic E-state index is -1.11. The Morgan fingerprint density at radius 2 is 2.22 bits per heavy atom. The molecule has 1 aliphatic rings. The van der Waals surface area contributed by atoms with Gasteiger partial charge in [-0.2, -0.15) is 0 Å². The SMILES string of the molecule is Cc1cccc(CC(C)(F)CC2CCCCN2)c1. The molecular formula is C16H24FN. The number of halogens is 1. The van der Waals surface area contributed by atoms with Crippen LogP contribution in [0.1, 0.15) is 43.7 Å². The lowest BCUT2D eigenvalue weighted by Gasteiger charge is -2.30. The van der Waals surface area contributed by atoms with Gasteiger partial charge < -0.3 is 5.32 Å². The van der Waals surface area contributed by atoms with Crippen molar-refractivity contribution in [3.05, 3.63) is 35.4 Å². The van der Waals surface area contributed by atoms with Gasteiger partial charge in [-0.3, -0.25) is 0 Å². The van der Waals surface area contributed by atoms with Crippen molar-refractivity contribution in [2.75, 3.05) is 6.54 Å². The van der Waals surface area contributed by atoms with Crippen molar-refractivity contribution < 1.29 is 4.39 Å². The largest absolute Gasteiger partial charge is 0.314 e. The Bertz CT molecular complexity index is 380. The van der Waals surface area contributed by atoms with Gasteiger partial charge in [0.25, 0.3) is 0 Å². The fraction of sp³-hybridized carbons (Fsp3) is 0.625. The van der Waals surface area contributed by atoms with E-state index in [-0.39, 0.29) is 0 Å². The first-order valence-corrected chi connectivity index (χ1v) is 7.03. The van der Waals surface area contributed by atoms with Crippen molar-refractivity contribution >= 4 is 0 Å². The van der Waals surface area contributed by atoms with Crippen LogP contribution in [0.3, 0.4) is 0 Å². The number of aryl methyl sites for hydroxylation is 1. The van der Waals surface area contributed by atoms with E-state index in [2.05, 4.69) is 24.4 Å². The zero-order valence-electron chi connectivity index (χ0n) is 11.5. The molecule has 100 valence electrons. The van der Waals surface area contributed by atoms with E-state index in [0.717, 1.165) is 18.5 Å². The van der Waals surface area contributed by atoms with Gasteiger partial charge in [0.1, 0.15) is 5.67 Å². The first kappa shape index (κ1) is 13.5. The molecule has 0 aromatic heterocycles. The summed E-state index contributed by atoms with van der Waals surface area (Å²) in [6.45, 7) is 4.85. The Morgan fingerprint density at radius 3 is 2.89 bits per heavy atom. The molecule has 0 amide bonds. The maximum atomic E-state index is 14.7. The molecule has 0 radical (unpaired) electrons. The molecule has 2 unspecified atom stereocenters. The number of hydrogen-bond donors (Lipinski definition) is 1. The molecule has 1 nitrogen and oxygen atoms in total. The zero-order chi connectivity index (χ0) is 13.0. The Kier molecular flexibility index (Phi) is 4.39. The molecule has 2 heteroatoms. The van der Waals surface area contributed by atoms with Gasteiger partial charge in [-0.05, 0) is 45.2 Å². The molecule has 0 aliphatic carbocycles. The molecular weight excluding hydrogens is 225 g/mol. The van der Waals surface area contributed by atoms with Crippen LogP contribution in [0.2, 0.25) is 0 Å². The van der Waals surface area contributed by atoms with Crippen LogP contribution in [0.25, 0.3) is 0 Å². The lowest BCUT2D eigenvalue weighted by Crippen LogP contribution is -2.40. The van der Waals surface area contributed by atoms with Crippen LogP contribution in [0, 0.1) is 6.92 Å². The summed E-state index contributed by atoms with van der Waals surface area (Å²) in [5.74, 6) is 0. The van der Waals surface area contributed by atoms with E-state index in [4.69, 9.17) is 0 Å². The molecule has 2 atom stereocenters. The second kappa shape index (κ2) is 5.83. The van der Waals surface area contributed by atoms with Gasteiger partial charge >= 0.3 is 0 Å². The summed E-state index contributed by atoms with van der Waals surface area (Å²) >= 11 is 0. The van der Waals surface area contributed by atoms with Crippen LogP contribution in [0.15, 0.2) is 24.3 Å². The minimum Gasteiger partial charge on any atom is -0.314 e. The third kappa shape index (κ3) is 4.09. The van der Waals surface area contributed by atoms with Crippen molar-refractivity contribution in [2.24, 2.45) is 0 Å². The van der Waals surface area contributed by atoms with E-state index >= 15 is 0 Å². The molecule has 2 rings (SSSR count). The molecule has 1 aromatic carbocycles. The highest BCUT2D eigenvalue weighted by Gasteiger charge is 2.28. The summed E-state index contributed by atoms with van der Waals surface area (Å²) in [5.41, 5.74) is 1.21. The lowest BCUT2D eigenvalue weighted by atomic mass is 9.88. The molecule has 0 bridgehead atoms. The number of alkyl halides is 1. The van der Waals surface area contributed by atoms with Crippen molar-refractivity contribution in [1.82, 2.24) is 5.32 Å². The van der Waals surface area contributed by atoms with Crippen molar-refractivity contribution in [2.45, 2.75) is 57.7 Å². The second-order valence-corrected chi connectivity index (χ2v) is 5.93. The molecule has 1 heterocycles. The molecule has 1 fully saturated rings. The smallest absolute Gasteiger partial charge is 0.113 e. The Balaban J connectivity index is 1.93. The zero-order valence-corrected chi connectivity index (χ0v) is 11.5.